The second-order valence-electron chi connectivity index (χ2n) is 8.34. The normalized spacial score (nSPS) is 11.6. The highest BCUT2D eigenvalue weighted by atomic mass is 35.5. The first-order valence-electron chi connectivity index (χ1n) is 11.8. The molecule has 3 aromatic rings. The van der Waals surface area contributed by atoms with Crippen molar-refractivity contribution in [2.24, 2.45) is 0 Å². The zero-order valence-corrected chi connectivity index (χ0v) is 21.6. The van der Waals surface area contributed by atoms with E-state index < -0.39 is 24.4 Å². The number of halogens is 3. The molecule has 0 radical (unpaired) electrons. The quantitative estimate of drug-likeness (QED) is 0.289. The molecule has 3 rings (SSSR count). The fourth-order valence-corrected chi connectivity index (χ4v) is 4.00. The summed E-state index contributed by atoms with van der Waals surface area (Å²) in [6.45, 7) is 2.19. The molecule has 190 valence electrons. The average molecular weight is 531 g/mol. The van der Waals surface area contributed by atoms with E-state index in [0.717, 1.165) is 18.4 Å². The molecule has 0 aromatic heterocycles. The molecule has 0 saturated carbocycles. The van der Waals surface area contributed by atoms with Crippen LogP contribution in [0.3, 0.4) is 0 Å². The van der Waals surface area contributed by atoms with Gasteiger partial charge in [-0.1, -0.05) is 85.1 Å². The third-order valence-electron chi connectivity index (χ3n) is 5.63. The summed E-state index contributed by atoms with van der Waals surface area (Å²) in [7, 11) is 0. The third-order valence-corrected chi connectivity index (χ3v) is 6.36. The van der Waals surface area contributed by atoms with Crippen molar-refractivity contribution in [3.63, 3.8) is 0 Å². The predicted molar refractivity (Wildman–Crippen MR) is 141 cm³/mol. The Morgan fingerprint density at radius 2 is 1.69 bits per heavy atom. The molecule has 1 N–H and O–H groups in total. The summed E-state index contributed by atoms with van der Waals surface area (Å²) in [5, 5.41) is 3.68. The predicted octanol–water partition coefficient (Wildman–Crippen LogP) is 6.07. The molecule has 0 spiro atoms. The van der Waals surface area contributed by atoms with Gasteiger partial charge in [0.2, 0.25) is 5.91 Å². The Bertz CT molecular complexity index is 1160. The van der Waals surface area contributed by atoms with E-state index in [2.05, 4.69) is 5.32 Å². The molecule has 0 unspecified atom stereocenters. The molecule has 0 aliphatic rings. The molecule has 5 nitrogen and oxygen atoms in total. The number of carbonyl (C=O) groups excluding carboxylic acids is 2. The van der Waals surface area contributed by atoms with Gasteiger partial charge in [-0.15, -0.1) is 0 Å². The summed E-state index contributed by atoms with van der Waals surface area (Å²) in [5.41, 5.74) is 1.60. The smallest absolute Gasteiger partial charge is 0.261 e. The van der Waals surface area contributed by atoms with E-state index >= 15 is 0 Å². The highest BCUT2D eigenvalue weighted by molar-refractivity contribution is 6.42. The van der Waals surface area contributed by atoms with Crippen LogP contribution in [0.25, 0.3) is 0 Å². The van der Waals surface area contributed by atoms with Crippen molar-refractivity contribution in [2.75, 3.05) is 13.2 Å². The molecular weight excluding hydrogens is 502 g/mol. The SMILES string of the molecule is CCCCNC(=O)[C@H](Cc1ccccc1)N(Cc1ccc(Cl)c(Cl)c1)C(=O)COc1ccccc1F. The Hall–Kier alpha value is -3.09. The van der Waals surface area contributed by atoms with Gasteiger partial charge in [0.25, 0.3) is 5.91 Å². The van der Waals surface area contributed by atoms with Gasteiger partial charge in [-0.25, -0.2) is 4.39 Å². The Kier molecular flexibility index (Phi) is 10.6. The van der Waals surface area contributed by atoms with Crippen LogP contribution in [0.2, 0.25) is 10.0 Å². The molecule has 0 aliphatic carbocycles. The molecule has 2 amide bonds. The van der Waals surface area contributed by atoms with Crippen molar-refractivity contribution in [2.45, 2.75) is 38.8 Å². The lowest BCUT2D eigenvalue weighted by molar-refractivity contribution is -0.142. The zero-order valence-electron chi connectivity index (χ0n) is 20.1. The highest BCUT2D eigenvalue weighted by Crippen LogP contribution is 2.24. The second kappa shape index (κ2) is 13.9. The molecule has 0 saturated heterocycles. The molecular formula is C28H29Cl2FN2O3. The number of carbonyl (C=O) groups is 2. The maximum Gasteiger partial charge on any atom is 0.261 e. The number of nitrogens with one attached hydrogen (secondary N) is 1. The van der Waals surface area contributed by atoms with E-state index in [0.29, 0.717) is 28.6 Å². The van der Waals surface area contributed by atoms with Gasteiger partial charge in [0, 0.05) is 19.5 Å². The van der Waals surface area contributed by atoms with Crippen LogP contribution in [0.5, 0.6) is 5.75 Å². The number of para-hydroxylation sites is 1. The van der Waals surface area contributed by atoms with E-state index in [-0.39, 0.29) is 18.2 Å². The van der Waals surface area contributed by atoms with Crippen LogP contribution in [0.15, 0.2) is 72.8 Å². The first-order chi connectivity index (χ1) is 17.4. The Balaban J connectivity index is 1.91. The summed E-state index contributed by atoms with van der Waals surface area (Å²) in [5.74, 6) is -1.34. The minimum atomic E-state index is -0.824. The molecule has 36 heavy (non-hydrogen) atoms. The first kappa shape index (κ1) is 27.5. The minimum absolute atomic E-state index is 0.0349. The van der Waals surface area contributed by atoms with Crippen LogP contribution < -0.4 is 10.1 Å². The summed E-state index contributed by atoms with van der Waals surface area (Å²) in [6, 6.07) is 19.6. The van der Waals surface area contributed by atoms with E-state index in [9.17, 15) is 14.0 Å². The molecule has 1 atom stereocenters. The van der Waals surface area contributed by atoms with Gasteiger partial charge in [0.05, 0.1) is 10.0 Å². The van der Waals surface area contributed by atoms with E-state index in [1.807, 2.05) is 37.3 Å². The van der Waals surface area contributed by atoms with Gasteiger partial charge in [-0.2, -0.15) is 0 Å². The van der Waals surface area contributed by atoms with E-state index in [4.69, 9.17) is 27.9 Å². The number of hydrogen-bond acceptors (Lipinski definition) is 3. The number of amides is 2. The Labute approximate surface area is 221 Å². The lowest BCUT2D eigenvalue weighted by atomic mass is 10.0. The van der Waals surface area contributed by atoms with Crippen LogP contribution >= 0.6 is 23.2 Å². The van der Waals surface area contributed by atoms with Gasteiger partial charge in [0.1, 0.15) is 6.04 Å². The van der Waals surface area contributed by atoms with Crippen molar-refractivity contribution in [3.05, 3.63) is 99.8 Å². The van der Waals surface area contributed by atoms with Gasteiger partial charge < -0.3 is 15.0 Å². The number of unbranched alkanes of at least 4 members (excludes halogenated alkanes) is 1. The highest BCUT2D eigenvalue weighted by Gasteiger charge is 2.30. The molecule has 3 aromatic carbocycles. The Morgan fingerprint density at radius 1 is 0.972 bits per heavy atom. The molecule has 0 aliphatic heterocycles. The number of rotatable bonds is 12. The van der Waals surface area contributed by atoms with Crippen LogP contribution in [0.1, 0.15) is 30.9 Å². The average Bonchev–Trinajstić information content (AvgIpc) is 2.88. The second-order valence-corrected chi connectivity index (χ2v) is 9.15. The summed E-state index contributed by atoms with van der Waals surface area (Å²) < 4.78 is 19.6. The van der Waals surface area contributed by atoms with Gasteiger partial charge in [-0.3, -0.25) is 9.59 Å². The summed E-state index contributed by atoms with van der Waals surface area (Å²) >= 11 is 12.3. The lowest BCUT2D eigenvalue weighted by Gasteiger charge is -2.31. The third kappa shape index (κ3) is 7.97. The molecule has 8 heteroatoms. The van der Waals surface area contributed by atoms with Gasteiger partial charge in [-0.05, 0) is 41.8 Å². The zero-order chi connectivity index (χ0) is 25.9. The number of hydrogen-bond donors (Lipinski definition) is 1. The topological polar surface area (TPSA) is 58.6 Å². The standard InChI is InChI=1S/C28H29Cl2FN2O3/c1-2-3-15-32-28(35)25(17-20-9-5-4-6-10-20)33(18-21-13-14-22(29)23(30)16-21)27(34)19-36-26-12-8-7-11-24(26)31/h4-14,16,25H,2-3,15,17-19H2,1H3,(H,32,35)/t25-/m0/s1. The summed E-state index contributed by atoms with van der Waals surface area (Å²) in [4.78, 5) is 28.3. The Morgan fingerprint density at radius 3 is 2.39 bits per heavy atom. The monoisotopic (exact) mass is 530 g/mol. The van der Waals surface area contributed by atoms with E-state index in [1.165, 1.54) is 23.1 Å². The summed E-state index contributed by atoms with van der Waals surface area (Å²) in [6.07, 6.45) is 2.04. The molecule has 0 fully saturated rings. The largest absolute Gasteiger partial charge is 0.481 e. The number of nitrogens with zero attached hydrogens (tertiary/aromatic N) is 1. The molecule has 0 bridgehead atoms. The lowest BCUT2D eigenvalue weighted by Crippen LogP contribution is -2.51. The molecule has 0 heterocycles. The van der Waals surface area contributed by atoms with Crippen LogP contribution in [0.4, 0.5) is 4.39 Å². The maximum atomic E-state index is 14.1. The minimum Gasteiger partial charge on any atom is -0.481 e. The van der Waals surface area contributed by atoms with E-state index in [1.54, 1.807) is 24.3 Å². The van der Waals surface area contributed by atoms with Crippen molar-refractivity contribution in [1.29, 1.82) is 0 Å². The van der Waals surface area contributed by atoms with Crippen molar-refractivity contribution in [3.8, 4) is 5.75 Å². The number of ether oxygens (including phenoxy) is 1. The van der Waals surface area contributed by atoms with Crippen LogP contribution in [-0.2, 0) is 22.6 Å². The number of benzene rings is 3. The van der Waals surface area contributed by atoms with Gasteiger partial charge in [0.15, 0.2) is 18.2 Å². The first-order valence-corrected chi connectivity index (χ1v) is 12.6. The van der Waals surface area contributed by atoms with Crippen LogP contribution in [0, 0.1) is 5.82 Å². The van der Waals surface area contributed by atoms with Gasteiger partial charge >= 0.3 is 0 Å². The maximum absolute atomic E-state index is 14.1. The fraction of sp³-hybridized carbons (Fsp3) is 0.286. The van der Waals surface area contributed by atoms with Crippen molar-refractivity contribution >= 4 is 35.0 Å². The van der Waals surface area contributed by atoms with Crippen molar-refractivity contribution in [1.82, 2.24) is 10.2 Å². The van der Waals surface area contributed by atoms with Crippen molar-refractivity contribution < 1.29 is 18.7 Å². The fourth-order valence-electron chi connectivity index (χ4n) is 3.68. The van der Waals surface area contributed by atoms with Crippen LogP contribution in [-0.4, -0.2) is 35.9 Å².